The number of fused-ring (bicyclic) bond motifs is 1. The van der Waals surface area contributed by atoms with Gasteiger partial charge >= 0.3 is 0 Å². The Morgan fingerprint density at radius 3 is 2.58 bits per heavy atom. The second kappa shape index (κ2) is 10.8. The van der Waals surface area contributed by atoms with Gasteiger partial charge < -0.3 is 14.5 Å². The quantitative estimate of drug-likeness (QED) is 0.377. The minimum atomic E-state index is -0.0484. The Hall–Kier alpha value is -3.84. The molecule has 1 aliphatic rings. The second-order valence-corrected chi connectivity index (χ2v) is 9.52. The van der Waals surface area contributed by atoms with Crippen LogP contribution in [0.3, 0.4) is 0 Å². The molecule has 1 fully saturated rings. The summed E-state index contributed by atoms with van der Waals surface area (Å²) in [7, 11) is 0. The molecule has 2 aromatic carbocycles. The molecule has 4 aromatic rings. The Balaban J connectivity index is 1.44. The van der Waals surface area contributed by atoms with E-state index in [9.17, 15) is 4.79 Å². The highest BCUT2D eigenvalue weighted by molar-refractivity contribution is 5.93. The number of carbonyl (C=O) groups excluding carboxylic acids is 1. The number of morpholine rings is 1. The summed E-state index contributed by atoms with van der Waals surface area (Å²) in [4.78, 5) is 30.7. The highest BCUT2D eigenvalue weighted by Crippen LogP contribution is 2.30. The monoisotopic (exact) mass is 481 g/mol. The van der Waals surface area contributed by atoms with Crippen LogP contribution in [0.5, 0.6) is 0 Å². The molecule has 1 saturated heterocycles. The maximum atomic E-state index is 13.2. The van der Waals surface area contributed by atoms with Gasteiger partial charge in [-0.2, -0.15) is 0 Å². The zero-order valence-electron chi connectivity index (χ0n) is 20.8. The van der Waals surface area contributed by atoms with Crippen molar-refractivity contribution in [1.29, 1.82) is 0 Å². The van der Waals surface area contributed by atoms with Crippen molar-refractivity contribution in [2.75, 3.05) is 37.7 Å². The minimum Gasteiger partial charge on any atom is -0.378 e. The lowest BCUT2D eigenvalue weighted by molar-refractivity contribution is 0.0716. The van der Waals surface area contributed by atoms with Crippen molar-refractivity contribution in [1.82, 2.24) is 19.9 Å². The predicted octanol–water partition coefficient (Wildman–Crippen LogP) is 4.83. The molecule has 5 rings (SSSR count). The molecule has 1 amide bonds. The SMILES string of the molecule is CC(C)CN(Cc1cccc(-c2ccc3ncnc(N4CCOCC4)c3c2)c1)C(=O)c1ccccn1. The molecule has 0 atom stereocenters. The third kappa shape index (κ3) is 5.36. The number of hydrogen-bond donors (Lipinski definition) is 0. The first-order valence-corrected chi connectivity index (χ1v) is 12.5. The fourth-order valence-corrected chi connectivity index (χ4v) is 4.63. The molecule has 0 radical (unpaired) electrons. The molecule has 0 aliphatic carbocycles. The van der Waals surface area contributed by atoms with Crippen LogP contribution in [0.25, 0.3) is 22.0 Å². The molecule has 36 heavy (non-hydrogen) atoms. The van der Waals surface area contributed by atoms with E-state index in [1.165, 1.54) is 0 Å². The number of ether oxygens (including phenoxy) is 1. The maximum absolute atomic E-state index is 13.2. The summed E-state index contributed by atoms with van der Waals surface area (Å²) in [6, 6.07) is 20.2. The van der Waals surface area contributed by atoms with E-state index in [-0.39, 0.29) is 5.91 Å². The summed E-state index contributed by atoms with van der Waals surface area (Å²) in [5.41, 5.74) is 4.67. The molecule has 3 heterocycles. The highest BCUT2D eigenvalue weighted by Gasteiger charge is 2.19. The zero-order chi connectivity index (χ0) is 24.9. The van der Waals surface area contributed by atoms with E-state index in [2.05, 4.69) is 76.2 Å². The fraction of sp³-hybridized carbons (Fsp3) is 0.310. The smallest absolute Gasteiger partial charge is 0.272 e. The third-order valence-electron chi connectivity index (χ3n) is 6.32. The van der Waals surface area contributed by atoms with E-state index in [0.717, 1.165) is 46.5 Å². The van der Waals surface area contributed by atoms with Crippen LogP contribution >= 0.6 is 0 Å². The summed E-state index contributed by atoms with van der Waals surface area (Å²) < 4.78 is 5.52. The van der Waals surface area contributed by atoms with Crippen molar-refractivity contribution in [2.45, 2.75) is 20.4 Å². The topological polar surface area (TPSA) is 71.5 Å². The van der Waals surface area contributed by atoms with Gasteiger partial charge in [0, 0.05) is 37.8 Å². The number of pyridine rings is 1. The van der Waals surface area contributed by atoms with Crippen LogP contribution in [0.2, 0.25) is 0 Å². The first-order chi connectivity index (χ1) is 17.6. The van der Waals surface area contributed by atoms with Crippen LogP contribution in [-0.4, -0.2) is 58.6 Å². The highest BCUT2D eigenvalue weighted by atomic mass is 16.5. The van der Waals surface area contributed by atoms with Crippen molar-refractivity contribution >= 4 is 22.6 Å². The standard InChI is InChI=1S/C29H31N5O2/c1-21(2)18-34(29(35)27-8-3-4-11-30-27)19-22-6-5-7-23(16-22)24-9-10-26-25(17-24)28(32-20-31-26)33-12-14-36-15-13-33/h3-11,16-17,20-21H,12-15,18-19H2,1-2H3. The van der Waals surface area contributed by atoms with Gasteiger partial charge in [0.1, 0.15) is 17.8 Å². The Labute approximate surface area is 211 Å². The van der Waals surface area contributed by atoms with Gasteiger partial charge in [0.15, 0.2) is 0 Å². The molecule has 7 heteroatoms. The second-order valence-electron chi connectivity index (χ2n) is 9.52. The Morgan fingerprint density at radius 1 is 0.972 bits per heavy atom. The maximum Gasteiger partial charge on any atom is 0.272 e. The number of aromatic nitrogens is 3. The van der Waals surface area contributed by atoms with Crippen molar-refractivity contribution in [2.24, 2.45) is 5.92 Å². The van der Waals surface area contributed by atoms with Crippen LogP contribution in [-0.2, 0) is 11.3 Å². The molecule has 0 bridgehead atoms. The lowest BCUT2D eigenvalue weighted by Gasteiger charge is -2.28. The molecular formula is C29H31N5O2. The van der Waals surface area contributed by atoms with Gasteiger partial charge in [0.05, 0.1) is 18.7 Å². The number of anilines is 1. The summed E-state index contributed by atoms with van der Waals surface area (Å²) in [6.07, 6.45) is 3.30. The molecule has 0 spiro atoms. The Bertz CT molecular complexity index is 1340. The van der Waals surface area contributed by atoms with Crippen LogP contribution < -0.4 is 4.90 Å². The van der Waals surface area contributed by atoms with Gasteiger partial charge in [-0.05, 0) is 52.9 Å². The van der Waals surface area contributed by atoms with Crippen molar-refractivity contribution in [3.8, 4) is 11.1 Å². The van der Waals surface area contributed by atoms with Crippen LogP contribution in [0.15, 0.2) is 73.2 Å². The molecule has 2 aromatic heterocycles. The van der Waals surface area contributed by atoms with E-state index in [0.29, 0.717) is 37.9 Å². The predicted molar refractivity (Wildman–Crippen MR) is 142 cm³/mol. The van der Waals surface area contributed by atoms with Gasteiger partial charge in [-0.25, -0.2) is 9.97 Å². The molecule has 7 nitrogen and oxygen atoms in total. The molecular weight excluding hydrogens is 450 g/mol. The molecule has 0 unspecified atom stereocenters. The van der Waals surface area contributed by atoms with Crippen molar-refractivity contribution in [3.63, 3.8) is 0 Å². The summed E-state index contributed by atoms with van der Waals surface area (Å²) in [6.45, 7) is 8.49. The van der Waals surface area contributed by atoms with Gasteiger partial charge in [0.2, 0.25) is 0 Å². The van der Waals surface area contributed by atoms with Crippen LogP contribution in [0.1, 0.15) is 29.9 Å². The molecule has 184 valence electrons. The average Bonchev–Trinajstić information content (AvgIpc) is 2.92. The van der Waals surface area contributed by atoms with E-state index < -0.39 is 0 Å². The van der Waals surface area contributed by atoms with Gasteiger partial charge in [-0.3, -0.25) is 9.78 Å². The summed E-state index contributed by atoms with van der Waals surface area (Å²) in [5, 5.41) is 1.04. The molecule has 0 N–H and O–H groups in total. The first kappa shape index (κ1) is 23.9. The molecule has 1 aliphatic heterocycles. The fourth-order valence-electron chi connectivity index (χ4n) is 4.63. The lowest BCUT2D eigenvalue weighted by Crippen LogP contribution is -2.36. The number of benzene rings is 2. The minimum absolute atomic E-state index is 0.0484. The van der Waals surface area contributed by atoms with Crippen LogP contribution in [0.4, 0.5) is 5.82 Å². The number of nitrogens with zero attached hydrogens (tertiary/aromatic N) is 5. The largest absolute Gasteiger partial charge is 0.378 e. The van der Waals surface area contributed by atoms with E-state index in [1.807, 2.05) is 17.0 Å². The normalized spacial score (nSPS) is 13.8. The first-order valence-electron chi connectivity index (χ1n) is 12.5. The average molecular weight is 482 g/mol. The summed E-state index contributed by atoms with van der Waals surface area (Å²) >= 11 is 0. The number of amides is 1. The number of carbonyl (C=O) groups is 1. The van der Waals surface area contributed by atoms with Crippen molar-refractivity contribution < 1.29 is 9.53 Å². The van der Waals surface area contributed by atoms with Crippen molar-refractivity contribution in [3.05, 3.63) is 84.4 Å². The zero-order valence-corrected chi connectivity index (χ0v) is 20.8. The van der Waals surface area contributed by atoms with Crippen LogP contribution in [0, 0.1) is 5.92 Å². The Kier molecular flexibility index (Phi) is 7.18. The van der Waals surface area contributed by atoms with E-state index in [1.54, 1.807) is 18.6 Å². The Morgan fingerprint density at radius 2 is 1.81 bits per heavy atom. The number of rotatable bonds is 7. The summed E-state index contributed by atoms with van der Waals surface area (Å²) in [5.74, 6) is 1.25. The van der Waals surface area contributed by atoms with E-state index >= 15 is 0 Å². The van der Waals surface area contributed by atoms with Gasteiger partial charge in [-0.15, -0.1) is 0 Å². The van der Waals surface area contributed by atoms with Gasteiger partial charge in [-0.1, -0.05) is 44.2 Å². The lowest BCUT2D eigenvalue weighted by atomic mass is 10.0. The van der Waals surface area contributed by atoms with Gasteiger partial charge in [0.25, 0.3) is 5.91 Å². The third-order valence-corrected chi connectivity index (χ3v) is 6.32. The van der Waals surface area contributed by atoms with E-state index in [4.69, 9.17) is 4.74 Å². The molecule has 0 saturated carbocycles. The number of hydrogen-bond acceptors (Lipinski definition) is 6.